The summed E-state index contributed by atoms with van der Waals surface area (Å²) >= 11 is 5.90. The van der Waals surface area contributed by atoms with Gasteiger partial charge < -0.3 is 14.8 Å². The van der Waals surface area contributed by atoms with Crippen molar-refractivity contribution in [3.63, 3.8) is 0 Å². The van der Waals surface area contributed by atoms with Crippen molar-refractivity contribution in [2.45, 2.75) is 17.7 Å². The maximum atomic E-state index is 12.8. The number of carbonyl (C=O) groups excluding carboxylic acids is 2. The van der Waals surface area contributed by atoms with E-state index in [4.69, 9.17) is 11.6 Å². The molecule has 0 spiro atoms. The number of aryl methyl sites for hydroxylation is 1. The Morgan fingerprint density at radius 3 is 2.55 bits per heavy atom. The van der Waals surface area contributed by atoms with Gasteiger partial charge >= 0.3 is 0 Å². The van der Waals surface area contributed by atoms with Crippen LogP contribution >= 0.6 is 11.6 Å². The van der Waals surface area contributed by atoms with Crippen molar-refractivity contribution < 1.29 is 18.0 Å². The van der Waals surface area contributed by atoms with Crippen LogP contribution in [-0.2, 0) is 21.9 Å². The summed E-state index contributed by atoms with van der Waals surface area (Å²) in [5.74, 6) is -0.834. The molecule has 2 aromatic rings. The van der Waals surface area contributed by atoms with Gasteiger partial charge in [-0.05, 0) is 37.1 Å². The molecular formula is C19H23ClN4O4S. The smallest absolute Gasteiger partial charge is 0.270 e. The number of hydrogen-bond acceptors (Lipinski definition) is 4. The van der Waals surface area contributed by atoms with E-state index in [-0.39, 0.29) is 23.0 Å². The third-order valence-corrected chi connectivity index (χ3v) is 6.84. The van der Waals surface area contributed by atoms with E-state index in [0.717, 1.165) is 12.8 Å². The largest absolute Gasteiger partial charge is 0.345 e. The van der Waals surface area contributed by atoms with Crippen LogP contribution in [0.15, 0.2) is 41.4 Å². The average Bonchev–Trinajstić information content (AvgIpc) is 3.31. The fourth-order valence-electron chi connectivity index (χ4n) is 3.21. The molecule has 8 nitrogen and oxygen atoms in total. The molecule has 0 radical (unpaired) electrons. The maximum absolute atomic E-state index is 12.8. The first kappa shape index (κ1) is 21.4. The van der Waals surface area contributed by atoms with Gasteiger partial charge in [0, 0.05) is 44.1 Å². The summed E-state index contributed by atoms with van der Waals surface area (Å²) in [5.41, 5.74) is 0.724. The third kappa shape index (κ3) is 4.80. The Hall–Kier alpha value is -2.36. The van der Waals surface area contributed by atoms with Gasteiger partial charge in [-0.3, -0.25) is 9.59 Å². The van der Waals surface area contributed by atoms with E-state index >= 15 is 0 Å². The second-order valence-corrected chi connectivity index (χ2v) is 9.38. The van der Waals surface area contributed by atoms with Crippen LogP contribution in [0.2, 0.25) is 5.02 Å². The molecule has 0 atom stereocenters. The molecule has 29 heavy (non-hydrogen) atoms. The molecule has 0 unspecified atom stereocenters. The molecule has 2 amide bonds. The zero-order valence-corrected chi connectivity index (χ0v) is 17.8. The lowest BCUT2D eigenvalue weighted by atomic mass is 10.3. The predicted octanol–water partition coefficient (Wildman–Crippen LogP) is 2.17. The predicted molar refractivity (Wildman–Crippen MR) is 110 cm³/mol. The molecule has 1 aromatic carbocycles. The molecule has 1 aliphatic heterocycles. The summed E-state index contributed by atoms with van der Waals surface area (Å²) in [6.07, 6.45) is 3.10. The average molecular weight is 439 g/mol. The van der Waals surface area contributed by atoms with E-state index in [1.807, 2.05) is 0 Å². The fraction of sp³-hybridized carbons (Fsp3) is 0.368. The molecule has 0 aliphatic carbocycles. The Kier molecular flexibility index (Phi) is 6.30. The number of sulfonamides is 1. The lowest BCUT2D eigenvalue weighted by Gasteiger charge is -2.17. The van der Waals surface area contributed by atoms with Crippen LogP contribution in [0.3, 0.4) is 0 Å². The molecule has 1 aromatic heterocycles. The first-order valence-electron chi connectivity index (χ1n) is 9.16. The van der Waals surface area contributed by atoms with E-state index in [2.05, 4.69) is 5.32 Å². The van der Waals surface area contributed by atoms with Crippen LogP contribution in [0.25, 0.3) is 0 Å². The maximum Gasteiger partial charge on any atom is 0.270 e. The molecular weight excluding hydrogens is 416 g/mol. The zero-order chi connectivity index (χ0) is 21.2. The van der Waals surface area contributed by atoms with Crippen LogP contribution in [-0.4, -0.2) is 60.7 Å². The van der Waals surface area contributed by atoms with E-state index < -0.39 is 15.9 Å². The molecule has 2 heterocycles. The van der Waals surface area contributed by atoms with Crippen molar-refractivity contribution >= 4 is 39.1 Å². The quantitative estimate of drug-likeness (QED) is 0.748. The minimum Gasteiger partial charge on any atom is -0.345 e. The van der Waals surface area contributed by atoms with Crippen LogP contribution in [0.4, 0.5) is 5.69 Å². The lowest BCUT2D eigenvalue weighted by molar-refractivity contribution is -0.116. The third-order valence-electron chi connectivity index (χ3n) is 4.74. The van der Waals surface area contributed by atoms with E-state index in [0.29, 0.717) is 23.8 Å². The van der Waals surface area contributed by atoms with Crippen molar-refractivity contribution in [2.75, 3.05) is 32.0 Å². The molecule has 3 rings (SSSR count). The van der Waals surface area contributed by atoms with Crippen LogP contribution < -0.4 is 5.32 Å². The highest BCUT2D eigenvalue weighted by Crippen LogP contribution is 2.23. The summed E-state index contributed by atoms with van der Waals surface area (Å²) in [7, 11) is -0.523. The van der Waals surface area contributed by atoms with E-state index in [1.165, 1.54) is 33.1 Å². The van der Waals surface area contributed by atoms with E-state index in [9.17, 15) is 18.0 Å². The Morgan fingerprint density at radius 2 is 1.90 bits per heavy atom. The number of nitrogens with zero attached hydrogens (tertiary/aromatic N) is 3. The van der Waals surface area contributed by atoms with Gasteiger partial charge in [0.25, 0.3) is 5.91 Å². The first-order valence-corrected chi connectivity index (χ1v) is 11.0. The van der Waals surface area contributed by atoms with Gasteiger partial charge in [-0.15, -0.1) is 0 Å². The van der Waals surface area contributed by atoms with Gasteiger partial charge in [0.2, 0.25) is 15.9 Å². The number of benzene rings is 1. The monoisotopic (exact) mass is 438 g/mol. The van der Waals surface area contributed by atoms with Crippen molar-refractivity contribution in [1.29, 1.82) is 0 Å². The molecule has 1 saturated heterocycles. The Labute approximate surface area is 175 Å². The molecule has 156 valence electrons. The number of likely N-dealkylation sites (N-methyl/N-ethyl adjacent to an activating group) is 1. The van der Waals surface area contributed by atoms with Crippen molar-refractivity contribution in [3.05, 3.63) is 47.2 Å². The number of nitrogens with one attached hydrogen (secondary N) is 1. The topological polar surface area (TPSA) is 91.7 Å². The Morgan fingerprint density at radius 1 is 1.21 bits per heavy atom. The second kappa shape index (κ2) is 8.56. The van der Waals surface area contributed by atoms with Gasteiger partial charge in [-0.1, -0.05) is 17.7 Å². The second-order valence-electron chi connectivity index (χ2n) is 7.00. The number of aromatic nitrogens is 1. The van der Waals surface area contributed by atoms with Crippen molar-refractivity contribution in [3.8, 4) is 0 Å². The molecule has 1 aliphatic rings. The molecule has 1 N–H and O–H groups in total. The molecule has 0 bridgehead atoms. The van der Waals surface area contributed by atoms with Gasteiger partial charge in [-0.25, -0.2) is 8.42 Å². The van der Waals surface area contributed by atoms with Crippen LogP contribution in [0, 0.1) is 0 Å². The SMILES string of the molecule is CN(CC(=O)Nc1cccc(Cl)c1)C(=O)c1cc(S(=O)(=O)N2CCCC2)cn1C. The summed E-state index contributed by atoms with van der Waals surface area (Å²) in [4.78, 5) is 26.3. The normalized spacial score (nSPS) is 14.7. The Bertz CT molecular complexity index is 1030. The van der Waals surface area contributed by atoms with Gasteiger partial charge in [0.1, 0.15) is 10.6 Å². The van der Waals surface area contributed by atoms with Gasteiger partial charge in [0.15, 0.2) is 0 Å². The summed E-state index contributed by atoms with van der Waals surface area (Å²) in [5, 5.41) is 3.16. The highest BCUT2D eigenvalue weighted by Gasteiger charge is 2.30. The van der Waals surface area contributed by atoms with E-state index in [1.54, 1.807) is 31.3 Å². The van der Waals surface area contributed by atoms with Crippen molar-refractivity contribution in [2.24, 2.45) is 7.05 Å². The van der Waals surface area contributed by atoms with Gasteiger partial charge in [-0.2, -0.15) is 4.31 Å². The number of carbonyl (C=O) groups is 2. The van der Waals surface area contributed by atoms with Crippen molar-refractivity contribution in [1.82, 2.24) is 13.8 Å². The number of amides is 2. The highest BCUT2D eigenvalue weighted by atomic mass is 35.5. The molecule has 0 saturated carbocycles. The Balaban J connectivity index is 1.69. The summed E-state index contributed by atoms with van der Waals surface area (Å²) < 4.78 is 28.3. The minimum absolute atomic E-state index is 0.0852. The standard InChI is InChI=1S/C19H23ClN4O4S/c1-22-12-16(29(27,28)24-8-3-4-9-24)11-17(22)19(26)23(2)13-18(25)21-15-7-5-6-14(20)10-15/h5-7,10-12H,3-4,8-9,13H2,1-2H3,(H,21,25). The number of anilines is 1. The highest BCUT2D eigenvalue weighted by molar-refractivity contribution is 7.89. The zero-order valence-electron chi connectivity index (χ0n) is 16.3. The molecule has 1 fully saturated rings. The lowest BCUT2D eigenvalue weighted by Crippen LogP contribution is -2.35. The fourth-order valence-corrected chi connectivity index (χ4v) is 4.99. The first-order chi connectivity index (χ1) is 13.7. The van der Waals surface area contributed by atoms with Crippen LogP contribution in [0.1, 0.15) is 23.3 Å². The minimum atomic E-state index is -3.62. The number of halogens is 1. The summed E-state index contributed by atoms with van der Waals surface area (Å²) in [6, 6.07) is 8.06. The number of hydrogen-bond donors (Lipinski definition) is 1. The molecule has 10 heteroatoms. The number of rotatable bonds is 6. The van der Waals surface area contributed by atoms with Gasteiger partial charge in [0.05, 0.1) is 6.54 Å². The van der Waals surface area contributed by atoms with Crippen LogP contribution in [0.5, 0.6) is 0 Å². The summed E-state index contributed by atoms with van der Waals surface area (Å²) in [6.45, 7) is 0.791.